The molecule has 4 unspecified atom stereocenters. The molecular weight excluding hydrogens is 439 g/mol. The van der Waals surface area contributed by atoms with E-state index in [1.54, 1.807) is 13.0 Å². The van der Waals surface area contributed by atoms with Gasteiger partial charge in [-0.25, -0.2) is 4.39 Å². The monoisotopic (exact) mass is 476 g/mol. The molecule has 0 aromatic heterocycles. The van der Waals surface area contributed by atoms with Gasteiger partial charge in [0.1, 0.15) is 6.61 Å². The second-order valence-electron chi connectivity index (χ2n) is 11.3. The zero-order chi connectivity index (χ0) is 25.1. The molecule has 3 saturated carbocycles. The number of unbranched alkanes of at least 4 members (excludes halogenated alkanes) is 1. The number of carbonyl (C=O) groups is 3. The van der Waals surface area contributed by atoms with Gasteiger partial charge in [-0.3, -0.25) is 14.4 Å². The summed E-state index contributed by atoms with van der Waals surface area (Å²) in [5.74, 6) is -2.62. The Morgan fingerprint density at radius 1 is 1.26 bits per heavy atom. The van der Waals surface area contributed by atoms with Gasteiger partial charge in [-0.15, -0.1) is 0 Å². The minimum absolute atomic E-state index is 0.0769. The number of fused-ring (bicyclic) bond motifs is 5. The summed E-state index contributed by atoms with van der Waals surface area (Å²) in [6.07, 6.45) is 5.92. The van der Waals surface area contributed by atoms with E-state index in [1.165, 1.54) is 12.2 Å². The Morgan fingerprint density at radius 2 is 1.97 bits per heavy atom. The summed E-state index contributed by atoms with van der Waals surface area (Å²) in [7, 11) is 0. The van der Waals surface area contributed by atoms with Gasteiger partial charge in [-0.1, -0.05) is 38.8 Å². The first kappa shape index (κ1) is 25.2. The van der Waals surface area contributed by atoms with Crippen LogP contribution in [0.15, 0.2) is 23.8 Å². The number of hydrogen-bond acceptors (Lipinski definition) is 6. The standard InChI is InChI=1S/C27H37FO6/c1-5-6-7-23(33)34-27(22(32)15-29)16(2)12-20-19-9-8-17-13-18(30)10-11-24(17,3)26(19,28)21(31)14-25(20,27)4/h10-11,13,16,19-21,29,31H,5-9,12,14-15H2,1-4H3/t16?,19-,20-,21?,24?,25-,26?,27-/m0/s1. The molecule has 4 aliphatic carbocycles. The van der Waals surface area contributed by atoms with Crippen LogP contribution in [0.3, 0.4) is 0 Å². The largest absolute Gasteiger partial charge is 0.450 e. The molecule has 34 heavy (non-hydrogen) atoms. The number of rotatable bonds is 6. The molecule has 0 saturated heterocycles. The molecule has 0 radical (unpaired) electrons. The Labute approximate surface area is 200 Å². The minimum Gasteiger partial charge on any atom is -0.450 e. The third kappa shape index (κ3) is 3.08. The van der Waals surface area contributed by atoms with Crippen molar-refractivity contribution in [3.05, 3.63) is 23.8 Å². The van der Waals surface area contributed by atoms with Crippen molar-refractivity contribution in [3.8, 4) is 0 Å². The van der Waals surface area contributed by atoms with E-state index in [4.69, 9.17) is 4.74 Å². The number of Topliss-reactive ketones (excluding diaryl/α,β-unsaturated/α-hetero) is 1. The molecule has 4 aliphatic rings. The van der Waals surface area contributed by atoms with Crippen LogP contribution >= 0.6 is 0 Å². The number of halogens is 1. The zero-order valence-corrected chi connectivity index (χ0v) is 20.6. The molecule has 6 nitrogen and oxygen atoms in total. The highest BCUT2D eigenvalue weighted by atomic mass is 19.1. The van der Waals surface area contributed by atoms with E-state index < -0.39 is 58.4 Å². The Bertz CT molecular complexity index is 957. The van der Waals surface area contributed by atoms with E-state index >= 15 is 4.39 Å². The van der Waals surface area contributed by atoms with Crippen LogP contribution in [-0.2, 0) is 19.1 Å². The van der Waals surface area contributed by atoms with Gasteiger partial charge in [-0.2, -0.15) is 0 Å². The summed E-state index contributed by atoms with van der Waals surface area (Å²) >= 11 is 0. The molecule has 188 valence electrons. The van der Waals surface area contributed by atoms with E-state index in [9.17, 15) is 24.6 Å². The highest BCUT2D eigenvalue weighted by Gasteiger charge is 2.77. The van der Waals surface area contributed by atoms with E-state index in [2.05, 4.69) is 0 Å². The third-order valence-corrected chi connectivity index (χ3v) is 9.75. The molecule has 0 aromatic carbocycles. The van der Waals surface area contributed by atoms with Gasteiger partial charge in [0.15, 0.2) is 17.1 Å². The van der Waals surface area contributed by atoms with Crippen LogP contribution in [0.5, 0.6) is 0 Å². The number of esters is 1. The molecule has 0 amide bonds. The lowest BCUT2D eigenvalue weighted by Crippen LogP contribution is -2.70. The first-order chi connectivity index (χ1) is 15.9. The van der Waals surface area contributed by atoms with Gasteiger partial charge < -0.3 is 14.9 Å². The van der Waals surface area contributed by atoms with Gasteiger partial charge in [0.25, 0.3) is 0 Å². The third-order valence-electron chi connectivity index (χ3n) is 9.75. The molecule has 0 heterocycles. The van der Waals surface area contributed by atoms with Crippen molar-refractivity contribution < 1.29 is 33.7 Å². The van der Waals surface area contributed by atoms with E-state index in [1.807, 2.05) is 20.8 Å². The van der Waals surface area contributed by atoms with Crippen molar-refractivity contribution in [1.29, 1.82) is 0 Å². The zero-order valence-electron chi connectivity index (χ0n) is 20.6. The molecule has 2 N–H and O–H groups in total. The first-order valence-electron chi connectivity index (χ1n) is 12.6. The van der Waals surface area contributed by atoms with Crippen molar-refractivity contribution >= 4 is 17.5 Å². The molecule has 0 spiro atoms. The van der Waals surface area contributed by atoms with Gasteiger partial charge in [-0.05, 0) is 57.1 Å². The number of aliphatic hydroxyl groups excluding tert-OH is 2. The average molecular weight is 477 g/mol. The summed E-state index contributed by atoms with van der Waals surface area (Å²) in [6, 6.07) is 0. The van der Waals surface area contributed by atoms with E-state index in [0.29, 0.717) is 31.3 Å². The first-order valence-corrected chi connectivity index (χ1v) is 12.6. The Balaban J connectivity index is 1.80. The average Bonchev–Trinajstić information content (AvgIpc) is 3.00. The van der Waals surface area contributed by atoms with Crippen LogP contribution < -0.4 is 0 Å². The van der Waals surface area contributed by atoms with Gasteiger partial charge in [0.2, 0.25) is 5.78 Å². The number of carbonyl (C=O) groups excluding carboxylic acids is 3. The smallest absolute Gasteiger partial charge is 0.306 e. The fourth-order valence-electron chi connectivity index (χ4n) is 8.07. The summed E-state index contributed by atoms with van der Waals surface area (Å²) in [5.41, 5.74) is -5.11. The second-order valence-corrected chi connectivity index (χ2v) is 11.3. The quantitative estimate of drug-likeness (QED) is 0.568. The maximum absolute atomic E-state index is 17.3. The predicted octanol–water partition coefficient (Wildman–Crippen LogP) is 3.64. The molecule has 0 aliphatic heterocycles. The topological polar surface area (TPSA) is 101 Å². The lowest BCUT2D eigenvalue weighted by molar-refractivity contribution is -0.228. The van der Waals surface area contributed by atoms with Gasteiger partial charge in [0, 0.05) is 29.1 Å². The molecule has 3 fully saturated rings. The highest BCUT2D eigenvalue weighted by Crippen LogP contribution is 2.71. The summed E-state index contributed by atoms with van der Waals surface area (Å²) in [6.45, 7) is 6.55. The Hall–Kier alpha value is -1.86. The fourth-order valence-corrected chi connectivity index (χ4v) is 8.07. The van der Waals surface area contributed by atoms with Crippen molar-refractivity contribution in [2.45, 2.75) is 90.0 Å². The minimum atomic E-state index is -2.03. The molecule has 8 atom stereocenters. The number of allylic oxidation sites excluding steroid dienone is 4. The molecule has 0 aromatic rings. The second kappa shape index (κ2) is 8.37. The van der Waals surface area contributed by atoms with Crippen molar-refractivity contribution in [3.63, 3.8) is 0 Å². The Kier molecular flexibility index (Phi) is 6.21. The number of ether oxygens (including phenoxy) is 1. The van der Waals surface area contributed by atoms with Crippen LogP contribution in [0.25, 0.3) is 0 Å². The number of hydrogen-bond donors (Lipinski definition) is 2. The lowest BCUT2D eigenvalue weighted by atomic mass is 9.44. The fraction of sp³-hybridized carbons (Fsp3) is 0.741. The molecular formula is C27H37FO6. The van der Waals surface area contributed by atoms with E-state index in [-0.39, 0.29) is 24.5 Å². The predicted molar refractivity (Wildman–Crippen MR) is 123 cm³/mol. The number of aliphatic hydroxyl groups is 2. The maximum atomic E-state index is 17.3. The van der Waals surface area contributed by atoms with Crippen LogP contribution in [0.4, 0.5) is 4.39 Å². The van der Waals surface area contributed by atoms with Crippen molar-refractivity contribution in [2.75, 3.05) is 6.61 Å². The molecule has 0 bridgehead atoms. The number of alkyl halides is 1. The normalized spacial score (nSPS) is 45.1. The van der Waals surface area contributed by atoms with Crippen molar-refractivity contribution in [2.24, 2.45) is 28.6 Å². The molecule has 4 rings (SSSR count). The van der Waals surface area contributed by atoms with Gasteiger partial charge >= 0.3 is 5.97 Å². The maximum Gasteiger partial charge on any atom is 0.306 e. The molecule has 7 heteroatoms. The van der Waals surface area contributed by atoms with Crippen molar-refractivity contribution in [1.82, 2.24) is 0 Å². The van der Waals surface area contributed by atoms with Crippen LogP contribution in [0.1, 0.15) is 72.6 Å². The summed E-state index contributed by atoms with van der Waals surface area (Å²) in [4.78, 5) is 38.1. The lowest BCUT2D eigenvalue weighted by Gasteiger charge is -2.62. The van der Waals surface area contributed by atoms with Crippen LogP contribution in [0.2, 0.25) is 0 Å². The highest BCUT2D eigenvalue weighted by molar-refractivity contribution is 6.01. The Morgan fingerprint density at radius 3 is 2.62 bits per heavy atom. The number of ketones is 2. The summed E-state index contributed by atoms with van der Waals surface area (Å²) in [5, 5.41) is 21.4. The SMILES string of the molecule is CCCCC(=O)O[C@]1(C(=O)CO)C(C)C[C@H]2[C@@H]3CCC4=CC(=O)C=CC4(C)C3(F)C(O)C[C@@]21C. The summed E-state index contributed by atoms with van der Waals surface area (Å²) < 4.78 is 23.3. The van der Waals surface area contributed by atoms with Gasteiger partial charge in [0.05, 0.1) is 6.10 Å². The van der Waals surface area contributed by atoms with E-state index in [0.717, 1.165) is 6.42 Å². The van der Waals surface area contributed by atoms with Crippen LogP contribution in [-0.4, -0.2) is 51.7 Å². The van der Waals surface area contributed by atoms with Crippen LogP contribution in [0, 0.1) is 28.6 Å².